The summed E-state index contributed by atoms with van der Waals surface area (Å²) in [6, 6.07) is 4.50. The minimum absolute atomic E-state index is 0.00775. The maximum atomic E-state index is 12.4. The summed E-state index contributed by atoms with van der Waals surface area (Å²) in [6.45, 7) is 5.09. The van der Waals surface area contributed by atoms with Gasteiger partial charge in [0.25, 0.3) is 10.0 Å². The van der Waals surface area contributed by atoms with Crippen LogP contribution in [0.5, 0.6) is 0 Å². The second-order valence-corrected chi connectivity index (χ2v) is 7.43. The van der Waals surface area contributed by atoms with Crippen LogP contribution in [0.25, 0.3) is 0 Å². The van der Waals surface area contributed by atoms with Gasteiger partial charge < -0.3 is 5.11 Å². The lowest BCUT2D eigenvalue weighted by atomic mass is 10.3. The zero-order chi connectivity index (χ0) is 15.8. The van der Waals surface area contributed by atoms with Gasteiger partial charge in [0.1, 0.15) is 9.77 Å². The van der Waals surface area contributed by atoms with Gasteiger partial charge >= 0.3 is 5.97 Å². The highest BCUT2D eigenvalue weighted by Gasteiger charge is 2.22. The van der Waals surface area contributed by atoms with Crippen molar-refractivity contribution in [2.45, 2.75) is 25.7 Å². The zero-order valence-electron chi connectivity index (χ0n) is 11.7. The Morgan fingerprint density at radius 3 is 2.48 bits per heavy atom. The molecule has 2 aromatic heterocycles. The maximum absolute atomic E-state index is 12.4. The fourth-order valence-electron chi connectivity index (χ4n) is 1.83. The molecule has 0 saturated heterocycles. The Balaban J connectivity index is 2.41. The summed E-state index contributed by atoms with van der Waals surface area (Å²) in [6.07, 6.45) is 0. The van der Waals surface area contributed by atoms with Gasteiger partial charge in [-0.3, -0.25) is 9.71 Å². The van der Waals surface area contributed by atoms with Gasteiger partial charge in [0.15, 0.2) is 0 Å². The van der Waals surface area contributed by atoms with Crippen LogP contribution < -0.4 is 4.72 Å². The Hall–Kier alpha value is -1.93. The molecule has 0 fully saturated rings. The molecular weight excluding hydrogens is 312 g/mol. The smallest absolute Gasteiger partial charge is 0.345 e. The second-order valence-electron chi connectivity index (χ2n) is 4.53. The standard InChI is InChI=1S/C13H14N2O4S2/c1-7-4-5-10(8(2)14-7)15-21(18,19)12-6-11(13(16)17)20-9(12)3/h4-6,15H,1-3H3,(H,16,17). The largest absolute Gasteiger partial charge is 0.477 e. The molecule has 2 aromatic rings. The van der Waals surface area contributed by atoms with E-state index in [1.54, 1.807) is 26.0 Å². The highest BCUT2D eigenvalue weighted by Crippen LogP contribution is 2.28. The van der Waals surface area contributed by atoms with E-state index in [1.807, 2.05) is 6.92 Å². The minimum Gasteiger partial charge on any atom is -0.477 e. The average molecular weight is 326 g/mol. The molecule has 8 heteroatoms. The van der Waals surface area contributed by atoms with Gasteiger partial charge in [0.05, 0.1) is 11.4 Å². The highest BCUT2D eigenvalue weighted by molar-refractivity contribution is 7.93. The predicted molar refractivity (Wildman–Crippen MR) is 80.5 cm³/mol. The van der Waals surface area contributed by atoms with Crippen molar-refractivity contribution in [3.63, 3.8) is 0 Å². The number of hydrogen-bond acceptors (Lipinski definition) is 5. The molecule has 0 aromatic carbocycles. The molecule has 0 amide bonds. The molecule has 0 aliphatic heterocycles. The molecule has 0 radical (unpaired) electrons. The third-order valence-corrected chi connectivity index (χ3v) is 5.50. The molecule has 21 heavy (non-hydrogen) atoms. The summed E-state index contributed by atoms with van der Waals surface area (Å²) < 4.78 is 27.2. The molecule has 0 bridgehead atoms. The lowest BCUT2D eigenvalue weighted by molar-refractivity contribution is 0.0702. The van der Waals surface area contributed by atoms with Crippen molar-refractivity contribution < 1.29 is 18.3 Å². The molecule has 6 nitrogen and oxygen atoms in total. The van der Waals surface area contributed by atoms with Crippen molar-refractivity contribution in [1.82, 2.24) is 4.98 Å². The number of carboxylic acid groups (broad SMARTS) is 1. The molecule has 112 valence electrons. The van der Waals surface area contributed by atoms with E-state index in [1.165, 1.54) is 6.07 Å². The van der Waals surface area contributed by atoms with Crippen LogP contribution in [0.15, 0.2) is 23.1 Å². The van der Waals surface area contributed by atoms with Crippen LogP contribution >= 0.6 is 11.3 Å². The number of anilines is 1. The number of rotatable bonds is 4. The molecule has 2 rings (SSSR count). The molecule has 0 atom stereocenters. The quantitative estimate of drug-likeness (QED) is 0.900. The van der Waals surface area contributed by atoms with E-state index < -0.39 is 16.0 Å². The van der Waals surface area contributed by atoms with Gasteiger partial charge in [-0.2, -0.15) is 0 Å². The van der Waals surface area contributed by atoms with Gasteiger partial charge in [-0.05, 0) is 39.0 Å². The van der Waals surface area contributed by atoms with E-state index >= 15 is 0 Å². The minimum atomic E-state index is -3.83. The Labute approximate surface area is 126 Å². The number of aromatic carboxylic acids is 1. The van der Waals surface area contributed by atoms with Crippen molar-refractivity contribution in [1.29, 1.82) is 0 Å². The summed E-state index contributed by atoms with van der Waals surface area (Å²) in [7, 11) is -3.83. The molecule has 0 spiro atoms. The van der Waals surface area contributed by atoms with E-state index in [0.717, 1.165) is 17.0 Å². The van der Waals surface area contributed by atoms with Crippen molar-refractivity contribution in [2.24, 2.45) is 0 Å². The number of sulfonamides is 1. The summed E-state index contributed by atoms with van der Waals surface area (Å²) in [5.74, 6) is -1.14. The van der Waals surface area contributed by atoms with E-state index in [-0.39, 0.29) is 9.77 Å². The number of nitrogens with zero attached hydrogens (tertiary/aromatic N) is 1. The van der Waals surface area contributed by atoms with Crippen LogP contribution in [0.4, 0.5) is 5.69 Å². The monoisotopic (exact) mass is 326 g/mol. The predicted octanol–water partition coefficient (Wildman–Crippen LogP) is 2.57. The van der Waals surface area contributed by atoms with Gasteiger partial charge in [-0.1, -0.05) is 0 Å². The molecular formula is C13H14N2O4S2. The first-order valence-electron chi connectivity index (χ1n) is 6.01. The summed E-state index contributed by atoms with van der Waals surface area (Å²) in [4.78, 5) is 15.5. The van der Waals surface area contributed by atoms with Gasteiger partial charge in [0.2, 0.25) is 0 Å². The van der Waals surface area contributed by atoms with Gasteiger partial charge in [-0.15, -0.1) is 11.3 Å². The lowest BCUT2D eigenvalue weighted by Crippen LogP contribution is -2.14. The third kappa shape index (κ3) is 3.22. The van der Waals surface area contributed by atoms with E-state index in [2.05, 4.69) is 9.71 Å². The van der Waals surface area contributed by atoms with Crippen LogP contribution in [-0.2, 0) is 10.0 Å². The van der Waals surface area contributed by atoms with Crippen molar-refractivity contribution in [3.8, 4) is 0 Å². The van der Waals surface area contributed by atoms with Crippen LogP contribution in [-0.4, -0.2) is 24.5 Å². The Bertz CT molecular complexity index is 810. The number of pyridine rings is 1. The number of carboxylic acids is 1. The Kier molecular flexibility index (Phi) is 4.02. The second kappa shape index (κ2) is 5.45. The molecule has 2 heterocycles. The molecule has 2 N–H and O–H groups in total. The fraction of sp³-hybridized carbons (Fsp3) is 0.231. The van der Waals surface area contributed by atoms with Crippen molar-refractivity contribution in [3.05, 3.63) is 39.3 Å². The number of hydrogen-bond donors (Lipinski definition) is 2. The molecule has 0 saturated carbocycles. The van der Waals surface area contributed by atoms with E-state index in [4.69, 9.17) is 5.11 Å². The zero-order valence-corrected chi connectivity index (χ0v) is 13.3. The summed E-state index contributed by atoms with van der Waals surface area (Å²) >= 11 is 0.932. The average Bonchev–Trinajstić information content (AvgIpc) is 2.76. The number of aryl methyl sites for hydroxylation is 3. The van der Waals surface area contributed by atoms with Crippen LogP contribution in [0, 0.1) is 20.8 Å². The Morgan fingerprint density at radius 2 is 1.95 bits per heavy atom. The topological polar surface area (TPSA) is 96.4 Å². The van der Waals surface area contributed by atoms with E-state index in [0.29, 0.717) is 16.3 Å². The summed E-state index contributed by atoms with van der Waals surface area (Å²) in [5.41, 5.74) is 1.73. The first kappa shape index (κ1) is 15.5. The van der Waals surface area contributed by atoms with Crippen molar-refractivity contribution >= 4 is 33.0 Å². The SMILES string of the molecule is Cc1ccc(NS(=O)(=O)c2cc(C(=O)O)sc2C)c(C)n1. The Morgan fingerprint density at radius 1 is 1.29 bits per heavy atom. The normalized spacial score (nSPS) is 11.4. The lowest BCUT2D eigenvalue weighted by Gasteiger charge is -2.10. The summed E-state index contributed by atoms with van der Waals surface area (Å²) in [5, 5.41) is 8.94. The van der Waals surface area contributed by atoms with E-state index in [9.17, 15) is 13.2 Å². The molecule has 0 unspecified atom stereocenters. The molecule has 0 aliphatic carbocycles. The van der Waals surface area contributed by atoms with Crippen molar-refractivity contribution in [2.75, 3.05) is 4.72 Å². The molecule has 0 aliphatic rings. The van der Waals surface area contributed by atoms with Crippen LogP contribution in [0.2, 0.25) is 0 Å². The first-order valence-corrected chi connectivity index (χ1v) is 8.31. The highest BCUT2D eigenvalue weighted by atomic mass is 32.2. The maximum Gasteiger partial charge on any atom is 0.345 e. The van der Waals surface area contributed by atoms with Gasteiger partial charge in [-0.25, -0.2) is 13.2 Å². The fourth-order valence-corrected chi connectivity index (χ4v) is 4.38. The van der Waals surface area contributed by atoms with Crippen LogP contribution in [0.3, 0.4) is 0 Å². The first-order chi connectivity index (χ1) is 9.70. The number of thiophene rings is 1. The number of nitrogens with one attached hydrogen (secondary N) is 1. The van der Waals surface area contributed by atoms with Gasteiger partial charge in [0, 0.05) is 10.6 Å². The number of aromatic nitrogens is 1. The third-order valence-electron chi connectivity index (χ3n) is 2.84. The van der Waals surface area contributed by atoms with Crippen LogP contribution in [0.1, 0.15) is 25.9 Å². The number of carbonyl (C=O) groups is 1.